The highest BCUT2D eigenvalue weighted by Crippen LogP contribution is 2.41. The van der Waals surface area contributed by atoms with Crippen LogP contribution in [0, 0.1) is 35.5 Å². The molecule has 0 radical (unpaired) electrons. The molecular formula is C52H78N4O7. The van der Waals surface area contributed by atoms with Gasteiger partial charge in [-0.05, 0) is 121 Å². The number of alkyl carbamates (subject to hydrolysis) is 1. The maximum atomic E-state index is 14.5. The molecule has 0 aliphatic carbocycles. The average molecular weight is 871 g/mol. The zero-order chi connectivity index (χ0) is 46.5. The van der Waals surface area contributed by atoms with E-state index in [1.807, 2.05) is 102 Å². The summed E-state index contributed by atoms with van der Waals surface area (Å²) < 4.78 is 5.36. The van der Waals surface area contributed by atoms with Crippen molar-refractivity contribution in [3.63, 3.8) is 0 Å². The number of ether oxygens (including phenoxy) is 1. The molecule has 2 aromatic carbocycles. The molecule has 348 valence electrons. The van der Waals surface area contributed by atoms with E-state index in [1.165, 1.54) is 10.6 Å². The molecule has 3 N–H and O–H groups in total. The van der Waals surface area contributed by atoms with Gasteiger partial charge in [-0.2, -0.15) is 5.06 Å². The Morgan fingerprint density at radius 3 is 2.08 bits per heavy atom. The SMILES string of the molecule is C/C(=C\[C@H](Cc1ccccc1)C(=O)N1CCC[C@H]1C(=O)C[C@H](C(=O)N[C@@H](CCCNC(=O)OCc1ccccc1)C(=O)CC1CC(C)(C)N(O)C(C)(C)C1)C(C)C)[C@@H](C)CC(C)C. The van der Waals surface area contributed by atoms with Crippen molar-refractivity contribution in [1.29, 1.82) is 0 Å². The van der Waals surface area contributed by atoms with Crippen LogP contribution in [0.3, 0.4) is 0 Å². The average Bonchev–Trinajstić information content (AvgIpc) is 3.72. The number of amides is 3. The molecule has 3 amide bonds. The molecular weight excluding hydrogens is 793 g/mol. The first-order chi connectivity index (χ1) is 29.7. The predicted molar refractivity (Wildman–Crippen MR) is 249 cm³/mol. The van der Waals surface area contributed by atoms with Crippen LogP contribution in [0.25, 0.3) is 0 Å². The maximum absolute atomic E-state index is 14.5. The first-order valence-corrected chi connectivity index (χ1v) is 23.5. The fourth-order valence-corrected chi connectivity index (χ4v) is 9.93. The van der Waals surface area contributed by atoms with Gasteiger partial charge in [-0.15, -0.1) is 0 Å². The predicted octanol–water partition coefficient (Wildman–Crippen LogP) is 9.51. The lowest BCUT2D eigenvalue weighted by Gasteiger charge is -2.51. The highest BCUT2D eigenvalue weighted by atomic mass is 16.5. The van der Waals surface area contributed by atoms with Gasteiger partial charge in [-0.1, -0.05) is 107 Å². The molecule has 2 saturated heterocycles. The summed E-state index contributed by atoms with van der Waals surface area (Å²) in [5.74, 6) is -1.21. The number of hydrogen-bond acceptors (Lipinski definition) is 8. The Kier molecular flexibility index (Phi) is 19.2. The zero-order valence-corrected chi connectivity index (χ0v) is 40.0. The molecule has 2 fully saturated rings. The van der Waals surface area contributed by atoms with E-state index in [0.717, 1.165) is 17.5 Å². The lowest BCUT2D eigenvalue weighted by molar-refractivity contribution is -0.251. The normalized spacial score (nSPS) is 19.9. The molecule has 2 heterocycles. The van der Waals surface area contributed by atoms with Crippen molar-refractivity contribution in [2.75, 3.05) is 13.1 Å². The molecule has 4 rings (SSSR count). The number of piperidine rings is 1. The molecule has 0 bridgehead atoms. The van der Waals surface area contributed by atoms with Gasteiger partial charge in [0.05, 0.1) is 18.0 Å². The number of rotatable bonds is 22. The van der Waals surface area contributed by atoms with Gasteiger partial charge in [0, 0.05) is 42.9 Å². The number of likely N-dealkylation sites (tertiary alicyclic amines) is 1. The Morgan fingerprint density at radius 2 is 1.49 bits per heavy atom. The number of benzene rings is 2. The summed E-state index contributed by atoms with van der Waals surface area (Å²) in [6.07, 6.45) is 6.42. The van der Waals surface area contributed by atoms with E-state index in [4.69, 9.17) is 4.74 Å². The minimum Gasteiger partial charge on any atom is -0.445 e. The van der Waals surface area contributed by atoms with Crippen LogP contribution < -0.4 is 10.6 Å². The first-order valence-electron chi connectivity index (χ1n) is 23.5. The number of allylic oxidation sites excluding steroid dienone is 1. The molecule has 63 heavy (non-hydrogen) atoms. The molecule has 2 aliphatic heterocycles. The standard InChI is InChI=1S/C52H78N4O7/c1-35(2)27-37(5)38(6)28-42(29-39-19-13-11-14-20-39)49(60)55-26-18-24-45(55)47(58)31-43(36(3)4)48(59)54-44(23-17-25-53-50(61)63-34-40-21-15-12-16-22-40)46(57)30-41-32-51(7,8)56(62)52(9,10)33-41/h11-16,19-22,28,35-37,41-45,62H,17-18,23-27,29-34H2,1-10H3,(H,53,61)(H,54,59)/b38-28+/t37-,42+,43-,44-,45-/m0/s1. The number of hydrogen-bond donors (Lipinski definition) is 3. The van der Waals surface area contributed by atoms with E-state index in [-0.39, 0.29) is 67.6 Å². The monoisotopic (exact) mass is 871 g/mol. The van der Waals surface area contributed by atoms with E-state index >= 15 is 0 Å². The van der Waals surface area contributed by atoms with Gasteiger partial charge in [0.2, 0.25) is 11.8 Å². The van der Waals surface area contributed by atoms with Crippen molar-refractivity contribution in [1.82, 2.24) is 20.6 Å². The third-order valence-corrected chi connectivity index (χ3v) is 13.2. The molecule has 0 spiro atoms. The highest BCUT2D eigenvalue weighted by Gasteiger charge is 2.46. The Morgan fingerprint density at radius 1 is 0.889 bits per heavy atom. The third-order valence-electron chi connectivity index (χ3n) is 13.2. The number of ketones is 2. The van der Waals surface area contributed by atoms with Crippen LogP contribution in [-0.4, -0.2) is 80.9 Å². The minimum absolute atomic E-state index is 0.0208. The molecule has 5 atom stereocenters. The second-order valence-corrected chi connectivity index (χ2v) is 20.5. The van der Waals surface area contributed by atoms with Gasteiger partial charge in [-0.3, -0.25) is 19.2 Å². The highest BCUT2D eigenvalue weighted by molar-refractivity contribution is 5.95. The summed E-state index contributed by atoms with van der Waals surface area (Å²) in [5, 5.41) is 18.1. The van der Waals surface area contributed by atoms with Crippen molar-refractivity contribution in [3.8, 4) is 0 Å². The van der Waals surface area contributed by atoms with E-state index in [0.29, 0.717) is 56.9 Å². The number of carbonyl (C=O) groups excluding carboxylic acids is 5. The van der Waals surface area contributed by atoms with Crippen LogP contribution in [0.15, 0.2) is 72.3 Å². The summed E-state index contributed by atoms with van der Waals surface area (Å²) in [6.45, 7) is 21.3. The summed E-state index contributed by atoms with van der Waals surface area (Å²) in [4.78, 5) is 71.6. The van der Waals surface area contributed by atoms with Crippen LogP contribution in [0.5, 0.6) is 0 Å². The van der Waals surface area contributed by atoms with Crippen molar-refractivity contribution in [3.05, 3.63) is 83.4 Å². The number of nitrogens with one attached hydrogen (secondary N) is 2. The quantitative estimate of drug-likeness (QED) is 0.0784. The molecule has 11 heteroatoms. The molecule has 11 nitrogen and oxygen atoms in total. The fraction of sp³-hybridized carbons (Fsp3) is 0.635. The van der Waals surface area contributed by atoms with Crippen LogP contribution >= 0.6 is 0 Å². The van der Waals surface area contributed by atoms with Crippen LogP contribution in [-0.2, 0) is 36.9 Å². The Bertz CT molecular complexity index is 1820. The number of Topliss-reactive ketones (excluding diaryl/α,β-unsaturated/α-hetero) is 2. The summed E-state index contributed by atoms with van der Waals surface area (Å²) >= 11 is 0. The lowest BCUT2D eigenvalue weighted by atomic mass is 9.73. The fourth-order valence-electron chi connectivity index (χ4n) is 9.93. The summed E-state index contributed by atoms with van der Waals surface area (Å²) in [6, 6.07) is 17.9. The third kappa shape index (κ3) is 15.4. The largest absolute Gasteiger partial charge is 0.445 e. The minimum atomic E-state index is -0.842. The van der Waals surface area contributed by atoms with Gasteiger partial charge in [0.1, 0.15) is 6.61 Å². The zero-order valence-electron chi connectivity index (χ0n) is 40.0. The molecule has 0 unspecified atom stereocenters. The maximum Gasteiger partial charge on any atom is 0.407 e. The van der Waals surface area contributed by atoms with Gasteiger partial charge >= 0.3 is 6.09 Å². The molecule has 0 saturated carbocycles. The van der Waals surface area contributed by atoms with Crippen LogP contribution in [0.4, 0.5) is 4.79 Å². The number of carbonyl (C=O) groups is 5. The van der Waals surface area contributed by atoms with Crippen molar-refractivity contribution < 1.29 is 33.9 Å². The Balaban J connectivity index is 1.48. The Hall–Kier alpha value is -4.35. The van der Waals surface area contributed by atoms with Crippen molar-refractivity contribution >= 4 is 29.5 Å². The van der Waals surface area contributed by atoms with Crippen molar-refractivity contribution in [2.24, 2.45) is 35.5 Å². The summed E-state index contributed by atoms with van der Waals surface area (Å²) in [7, 11) is 0. The van der Waals surface area contributed by atoms with Gasteiger partial charge < -0.3 is 25.5 Å². The molecule has 0 aromatic heterocycles. The second kappa shape index (κ2) is 23.5. The smallest absolute Gasteiger partial charge is 0.407 e. The van der Waals surface area contributed by atoms with Crippen LogP contribution in [0.1, 0.15) is 138 Å². The van der Waals surface area contributed by atoms with E-state index < -0.39 is 41.1 Å². The van der Waals surface area contributed by atoms with Crippen molar-refractivity contribution in [2.45, 2.75) is 163 Å². The van der Waals surface area contributed by atoms with Gasteiger partial charge in [-0.25, -0.2) is 4.79 Å². The van der Waals surface area contributed by atoms with Crippen LogP contribution in [0.2, 0.25) is 0 Å². The van der Waals surface area contributed by atoms with E-state index in [9.17, 15) is 29.2 Å². The number of hydroxylamine groups is 2. The van der Waals surface area contributed by atoms with Gasteiger partial charge in [0.15, 0.2) is 11.6 Å². The topological polar surface area (TPSA) is 145 Å². The Labute approximate surface area is 378 Å². The van der Waals surface area contributed by atoms with E-state index in [2.05, 4.69) is 44.4 Å². The first kappa shape index (κ1) is 51.3. The lowest BCUT2D eigenvalue weighted by Crippen LogP contribution is -2.59. The van der Waals surface area contributed by atoms with Gasteiger partial charge in [0.25, 0.3) is 0 Å². The molecule has 2 aromatic rings. The number of nitrogens with zero attached hydrogens (tertiary/aromatic N) is 2. The van der Waals surface area contributed by atoms with E-state index in [1.54, 1.807) is 4.90 Å². The molecule has 2 aliphatic rings. The second-order valence-electron chi connectivity index (χ2n) is 20.5. The summed E-state index contributed by atoms with van der Waals surface area (Å²) in [5.41, 5.74) is 2.01.